The van der Waals surface area contributed by atoms with Crippen molar-refractivity contribution in [3.8, 4) is 17.2 Å². The van der Waals surface area contributed by atoms with Gasteiger partial charge in [0.15, 0.2) is 11.6 Å². The lowest BCUT2D eigenvalue weighted by Gasteiger charge is -2.35. The van der Waals surface area contributed by atoms with E-state index in [1.165, 1.54) is 39.9 Å². The molecule has 0 spiro atoms. The lowest BCUT2D eigenvalue weighted by molar-refractivity contribution is -0.0592. The van der Waals surface area contributed by atoms with E-state index in [-0.39, 0.29) is 52.2 Å². The first-order chi connectivity index (χ1) is 33.0. The van der Waals surface area contributed by atoms with Crippen LogP contribution < -0.4 is 11.4 Å². The molecule has 18 heteroatoms. The van der Waals surface area contributed by atoms with E-state index in [4.69, 9.17) is 14.4 Å². The molecule has 5 atom stereocenters. The quantitative estimate of drug-likeness (QED) is 0.158. The first-order valence-corrected chi connectivity index (χ1v) is 25.2. The van der Waals surface area contributed by atoms with E-state index >= 15 is 13.6 Å². The Hall–Kier alpha value is -6.66. The molecular formula is C51H51F2N9O6S. The number of amides is 1. The van der Waals surface area contributed by atoms with E-state index in [1.54, 1.807) is 41.6 Å². The normalized spacial score (nSPS) is 24.9. The minimum atomic E-state index is -2.85. The highest BCUT2D eigenvalue weighted by molar-refractivity contribution is 7.94. The number of nitrogens with one attached hydrogen (secondary N) is 1. The molecule has 12 rings (SSSR count). The Bertz CT molecular complexity index is 3610. The summed E-state index contributed by atoms with van der Waals surface area (Å²) in [6, 6.07) is 14.0. The van der Waals surface area contributed by atoms with Gasteiger partial charge in [-0.3, -0.25) is 23.4 Å². The Morgan fingerprint density at radius 2 is 1.70 bits per heavy atom. The molecule has 5 aliphatic rings. The zero-order chi connectivity index (χ0) is 48.1. The first kappa shape index (κ1) is 43.6. The Labute approximate surface area is 395 Å². The summed E-state index contributed by atoms with van der Waals surface area (Å²) in [5, 5.41) is 9.98. The number of benzene rings is 3. The van der Waals surface area contributed by atoms with Crippen LogP contribution in [0, 0.1) is 31.4 Å². The fourth-order valence-corrected chi connectivity index (χ4v) is 13.9. The maximum atomic E-state index is 16.7. The van der Waals surface area contributed by atoms with Gasteiger partial charge in [0.25, 0.3) is 5.91 Å². The molecule has 1 amide bonds. The van der Waals surface area contributed by atoms with Gasteiger partial charge in [-0.25, -0.2) is 31.6 Å². The summed E-state index contributed by atoms with van der Waals surface area (Å²) < 4.78 is 67.4. The van der Waals surface area contributed by atoms with Gasteiger partial charge in [-0.1, -0.05) is 18.1 Å². The summed E-state index contributed by atoms with van der Waals surface area (Å²) in [6.07, 6.45) is 10.0. The van der Waals surface area contributed by atoms with Crippen molar-refractivity contribution in [3.05, 3.63) is 145 Å². The highest BCUT2D eigenvalue weighted by Gasteiger charge is 2.59. The molecule has 0 bridgehead atoms. The summed E-state index contributed by atoms with van der Waals surface area (Å²) in [7, 11) is -2.85. The van der Waals surface area contributed by atoms with Gasteiger partial charge in [0.2, 0.25) is 0 Å². The number of aromatic nitrogens is 7. The molecule has 0 radical (unpaired) electrons. The number of nitrogens with zero attached hydrogens (tertiary/aromatic N) is 8. The molecule has 2 aliphatic carbocycles. The Morgan fingerprint density at radius 1 is 0.942 bits per heavy atom. The summed E-state index contributed by atoms with van der Waals surface area (Å²) in [5.74, 6) is -1.13. The number of carbonyl (C=O) groups is 1. The van der Waals surface area contributed by atoms with Gasteiger partial charge in [0, 0.05) is 65.4 Å². The molecule has 1 N–H and O–H groups in total. The summed E-state index contributed by atoms with van der Waals surface area (Å²) in [6.45, 7) is 12.4. The van der Waals surface area contributed by atoms with Gasteiger partial charge < -0.3 is 14.2 Å². The standard InChI is InChI=1S/C51H51F2N9O6S/c1-27-21-34(22-28(2)43(27)52)62-45(60-19-18-59(49(60)65)39-11-12-41-36(44(39)53)13-16-54-69(41,66)35-8-9-35)42-30(4)58(17-14-37(42)56-62)46(63)40-24-33-23-31(32-15-20-67-50(5,6)26-32)7-10-38(33)61(40)51(25-29(51)3)47-55-48(64)68-57-47/h7,10-13,16,18-19,21-24,29-30,32,35H,8-9,14-15,17,20,25-26H2,1-6H3,(H,55,57,64)/t29-,30-,32-,51-,69-/m0/s1. The molecule has 3 aliphatic heterocycles. The molecule has 3 aromatic carbocycles. The fourth-order valence-electron chi connectivity index (χ4n) is 11.5. The maximum Gasteiger partial charge on any atom is 0.438 e. The zero-order valence-corrected chi connectivity index (χ0v) is 39.9. The number of aryl methyl sites for hydroxylation is 2. The molecule has 2 saturated carbocycles. The number of fused-ring (bicyclic) bond motifs is 3. The SMILES string of the molecule is Cc1cc(-n2nc3c(c2-n2ccn(-c4ccc5c(c4F)C=CN=[S@]5(=O)C4CC4)c2=O)[C@H](C)N(C(=O)c2cc4cc([C@H]5CCOC(C)(C)C5)ccc4n2[C@@]2(c4noc(=O)[nH]4)C[C@@H]2C)CC3)cc(C)c1F. The van der Waals surface area contributed by atoms with Crippen LogP contribution >= 0.6 is 0 Å². The van der Waals surface area contributed by atoms with Crippen LogP contribution in [0.25, 0.3) is 34.2 Å². The van der Waals surface area contributed by atoms with Gasteiger partial charge >= 0.3 is 11.4 Å². The van der Waals surface area contributed by atoms with E-state index in [0.717, 1.165) is 42.1 Å². The van der Waals surface area contributed by atoms with Crippen molar-refractivity contribution in [2.75, 3.05) is 13.2 Å². The molecule has 7 heterocycles. The van der Waals surface area contributed by atoms with E-state index in [9.17, 15) is 13.8 Å². The third-order valence-electron chi connectivity index (χ3n) is 15.2. The van der Waals surface area contributed by atoms with E-state index < -0.39 is 38.6 Å². The van der Waals surface area contributed by atoms with Crippen molar-refractivity contribution in [2.24, 2.45) is 10.3 Å². The molecule has 15 nitrogen and oxygen atoms in total. The molecule has 1 saturated heterocycles. The van der Waals surface area contributed by atoms with Gasteiger partial charge in [0.1, 0.15) is 22.9 Å². The van der Waals surface area contributed by atoms with Crippen molar-refractivity contribution in [1.82, 2.24) is 38.5 Å². The molecule has 0 unspecified atom stereocenters. The van der Waals surface area contributed by atoms with Gasteiger partial charge in [-0.2, -0.15) is 5.10 Å². The van der Waals surface area contributed by atoms with Crippen LogP contribution in [0.5, 0.6) is 0 Å². The van der Waals surface area contributed by atoms with Crippen molar-refractivity contribution < 1.29 is 27.0 Å². The van der Waals surface area contributed by atoms with Crippen LogP contribution in [0.3, 0.4) is 0 Å². The van der Waals surface area contributed by atoms with Crippen molar-refractivity contribution >= 4 is 32.6 Å². The van der Waals surface area contributed by atoms with Crippen LogP contribution in [0.15, 0.2) is 90.5 Å². The monoisotopic (exact) mass is 955 g/mol. The number of ether oxygens (including phenoxy) is 1. The minimum absolute atomic E-state index is 0.0154. The Balaban J connectivity index is 0.992. The maximum absolute atomic E-state index is 16.7. The second-order valence-electron chi connectivity index (χ2n) is 20.2. The fraction of sp³-hybridized carbons (Fsp3) is 0.392. The topological polar surface area (TPSA) is 168 Å². The first-order valence-electron chi connectivity index (χ1n) is 23.6. The van der Waals surface area contributed by atoms with Crippen LogP contribution in [0.2, 0.25) is 0 Å². The van der Waals surface area contributed by atoms with E-state index in [0.29, 0.717) is 69.8 Å². The summed E-state index contributed by atoms with van der Waals surface area (Å²) in [5.41, 5.74) is 3.19. The minimum Gasteiger partial charge on any atom is -0.376 e. The molecule has 69 heavy (non-hydrogen) atoms. The van der Waals surface area contributed by atoms with Crippen LogP contribution in [-0.4, -0.2) is 72.6 Å². The van der Waals surface area contributed by atoms with Crippen molar-refractivity contribution in [1.29, 1.82) is 0 Å². The second kappa shape index (κ2) is 15.2. The number of halogens is 2. The predicted octanol–water partition coefficient (Wildman–Crippen LogP) is 8.53. The number of aromatic amines is 1. The Morgan fingerprint density at radius 3 is 2.39 bits per heavy atom. The number of H-pyrrole nitrogens is 1. The Kier molecular flexibility index (Phi) is 9.59. The zero-order valence-electron chi connectivity index (χ0n) is 39.1. The highest BCUT2D eigenvalue weighted by atomic mass is 32.2. The van der Waals surface area contributed by atoms with Crippen LogP contribution in [0.1, 0.15) is 122 Å². The lowest BCUT2D eigenvalue weighted by Crippen LogP contribution is -2.41. The largest absolute Gasteiger partial charge is 0.438 e. The van der Waals surface area contributed by atoms with Crippen LogP contribution in [0.4, 0.5) is 8.78 Å². The van der Waals surface area contributed by atoms with Gasteiger partial charge in [-0.05, 0) is 144 Å². The average molecular weight is 956 g/mol. The highest BCUT2D eigenvalue weighted by Crippen LogP contribution is 2.56. The molecule has 356 valence electrons. The van der Waals surface area contributed by atoms with E-state index in [2.05, 4.69) is 53.5 Å². The number of hydrogen-bond donors (Lipinski definition) is 1. The number of hydrogen-bond acceptors (Lipinski definition) is 9. The molecule has 7 aromatic rings. The number of rotatable bonds is 8. The van der Waals surface area contributed by atoms with Crippen molar-refractivity contribution in [3.63, 3.8) is 0 Å². The second-order valence-corrected chi connectivity index (χ2v) is 22.6. The van der Waals surface area contributed by atoms with Crippen molar-refractivity contribution in [2.45, 2.75) is 113 Å². The average Bonchev–Trinajstić information content (AvgIpc) is 4.06. The van der Waals surface area contributed by atoms with Gasteiger partial charge in [0.05, 0.1) is 43.3 Å². The summed E-state index contributed by atoms with van der Waals surface area (Å²) in [4.78, 5) is 47.9. The smallest absolute Gasteiger partial charge is 0.376 e. The van der Waals surface area contributed by atoms with Gasteiger partial charge in [-0.15, -0.1) is 0 Å². The molecular weight excluding hydrogens is 905 g/mol. The molecule has 3 fully saturated rings. The summed E-state index contributed by atoms with van der Waals surface area (Å²) >= 11 is 0. The predicted molar refractivity (Wildman–Crippen MR) is 254 cm³/mol. The molecule has 4 aromatic heterocycles. The third-order valence-corrected chi connectivity index (χ3v) is 18.0. The number of imidazole rings is 1. The number of carbonyl (C=O) groups excluding carboxylic acids is 1. The third kappa shape index (κ3) is 6.57. The van der Waals surface area contributed by atoms with E-state index in [1.807, 2.05) is 17.6 Å². The lowest BCUT2D eigenvalue weighted by atomic mass is 9.83. The van der Waals surface area contributed by atoms with Crippen LogP contribution in [-0.2, 0) is 26.4 Å².